The number of nitrogens with one attached hydrogen (secondary N) is 1. The van der Waals surface area contributed by atoms with Crippen LogP contribution in [-0.4, -0.2) is 73.4 Å². The monoisotopic (exact) mass is 451 g/mol. The predicted molar refractivity (Wildman–Crippen MR) is 113 cm³/mol. The van der Waals surface area contributed by atoms with Crippen LogP contribution in [0.1, 0.15) is 5.56 Å². The third kappa shape index (κ3) is 4.96. The van der Waals surface area contributed by atoms with Crippen LogP contribution in [0.5, 0.6) is 0 Å². The first-order valence-corrected chi connectivity index (χ1v) is 10.2. The fraction of sp³-hybridized carbons (Fsp3) is 0.450. The molecule has 0 atom stereocenters. The van der Waals surface area contributed by atoms with E-state index < -0.39 is 17.8 Å². The molecule has 12 heteroatoms. The number of carbonyl (C=O) groups excluding carboxylic acids is 1. The zero-order valence-corrected chi connectivity index (χ0v) is 17.3. The normalized spacial score (nSPS) is 17.4. The van der Waals surface area contributed by atoms with Gasteiger partial charge in [-0.15, -0.1) is 0 Å². The average Bonchev–Trinajstić information content (AvgIpc) is 2.79. The summed E-state index contributed by atoms with van der Waals surface area (Å²) < 4.78 is 46.0. The molecular formula is C20H24F3N7O2. The van der Waals surface area contributed by atoms with E-state index in [-0.39, 0.29) is 37.9 Å². The van der Waals surface area contributed by atoms with Gasteiger partial charge in [0, 0.05) is 56.8 Å². The van der Waals surface area contributed by atoms with Crippen molar-refractivity contribution in [3.8, 4) is 0 Å². The molecule has 172 valence electrons. The molecule has 9 nitrogen and oxygen atoms in total. The number of nitrogens with two attached hydrogens (primary N) is 1. The third-order valence-electron chi connectivity index (χ3n) is 5.46. The van der Waals surface area contributed by atoms with Crippen molar-refractivity contribution < 1.29 is 22.7 Å². The topological polar surface area (TPSA) is 99.9 Å². The van der Waals surface area contributed by atoms with Gasteiger partial charge in [0.05, 0.1) is 13.2 Å². The molecule has 1 aromatic heterocycles. The Labute approximate surface area is 183 Å². The molecule has 2 amide bonds. The van der Waals surface area contributed by atoms with Gasteiger partial charge in [-0.3, -0.25) is 0 Å². The summed E-state index contributed by atoms with van der Waals surface area (Å²) in [5, 5.41) is 2.98. The second-order valence-corrected chi connectivity index (χ2v) is 7.51. The minimum atomic E-state index is -4.60. The van der Waals surface area contributed by atoms with Crippen molar-refractivity contribution in [3.05, 3.63) is 36.0 Å². The van der Waals surface area contributed by atoms with E-state index in [2.05, 4.69) is 20.2 Å². The molecule has 2 aliphatic rings. The molecule has 0 spiro atoms. The first-order chi connectivity index (χ1) is 15.3. The van der Waals surface area contributed by atoms with Gasteiger partial charge in [-0.05, 0) is 24.3 Å². The van der Waals surface area contributed by atoms with Gasteiger partial charge in [-0.25, -0.2) is 9.78 Å². The molecule has 0 saturated carbocycles. The standard InChI is InChI=1S/C20H24F3N7O2/c21-20(22,23)16-13-25-19(27-17(16)29-5-7-30(8-6-29)18(24)31)26-14-1-3-15(4-2-14)28-9-11-32-12-10-28/h1-4,13H,5-12H2,(H2,24,31)(H,25,26,27). The zero-order valence-electron chi connectivity index (χ0n) is 17.3. The van der Waals surface area contributed by atoms with E-state index in [1.165, 1.54) is 9.80 Å². The molecule has 1 aromatic carbocycles. The lowest BCUT2D eigenvalue weighted by Gasteiger charge is -2.35. The summed E-state index contributed by atoms with van der Waals surface area (Å²) >= 11 is 0. The van der Waals surface area contributed by atoms with Gasteiger partial charge in [0.15, 0.2) is 0 Å². The number of piperazine rings is 1. The highest BCUT2D eigenvalue weighted by Crippen LogP contribution is 2.36. The number of rotatable bonds is 4. The summed E-state index contributed by atoms with van der Waals surface area (Å²) in [6, 6.07) is 6.93. The molecule has 3 heterocycles. The van der Waals surface area contributed by atoms with Gasteiger partial charge in [0.2, 0.25) is 5.95 Å². The molecule has 4 rings (SSSR count). The van der Waals surface area contributed by atoms with Crippen LogP contribution in [0.4, 0.5) is 41.1 Å². The number of ether oxygens (including phenoxy) is 1. The quantitative estimate of drug-likeness (QED) is 0.736. The minimum Gasteiger partial charge on any atom is -0.378 e. The lowest BCUT2D eigenvalue weighted by molar-refractivity contribution is -0.137. The Morgan fingerprint density at radius 3 is 2.25 bits per heavy atom. The fourth-order valence-electron chi connectivity index (χ4n) is 3.72. The van der Waals surface area contributed by atoms with Crippen molar-refractivity contribution in [2.75, 3.05) is 67.6 Å². The number of aromatic nitrogens is 2. The number of nitrogens with zero attached hydrogens (tertiary/aromatic N) is 5. The predicted octanol–water partition coefficient (Wildman–Crippen LogP) is 2.28. The number of morpholine rings is 1. The molecule has 32 heavy (non-hydrogen) atoms. The van der Waals surface area contributed by atoms with Crippen LogP contribution in [-0.2, 0) is 10.9 Å². The lowest BCUT2D eigenvalue weighted by atomic mass is 10.2. The molecule has 0 aliphatic carbocycles. The number of primary amides is 1. The highest BCUT2D eigenvalue weighted by molar-refractivity contribution is 5.72. The Hall–Kier alpha value is -3.28. The number of benzene rings is 1. The maximum Gasteiger partial charge on any atom is 0.421 e. The van der Waals surface area contributed by atoms with Crippen molar-refractivity contribution in [1.82, 2.24) is 14.9 Å². The fourth-order valence-corrected chi connectivity index (χ4v) is 3.72. The smallest absolute Gasteiger partial charge is 0.378 e. The van der Waals surface area contributed by atoms with Crippen LogP contribution < -0.4 is 20.9 Å². The second kappa shape index (κ2) is 9.07. The number of hydrogen-bond donors (Lipinski definition) is 2. The number of hydrogen-bond acceptors (Lipinski definition) is 7. The largest absolute Gasteiger partial charge is 0.421 e. The number of urea groups is 1. The van der Waals surface area contributed by atoms with Crippen molar-refractivity contribution >= 4 is 29.2 Å². The average molecular weight is 451 g/mol. The molecule has 2 aromatic rings. The minimum absolute atomic E-state index is 0.0597. The van der Waals surface area contributed by atoms with Crippen molar-refractivity contribution in [2.24, 2.45) is 5.73 Å². The second-order valence-electron chi connectivity index (χ2n) is 7.51. The van der Waals surface area contributed by atoms with Gasteiger partial charge in [0.1, 0.15) is 11.4 Å². The van der Waals surface area contributed by atoms with E-state index in [1.807, 2.05) is 24.3 Å². The molecular weight excluding hydrogens is 427 g/mol. The number of halogens is 3. The van der Waals surface area contributed by atoms with Crippen molar-refractivity contribution in [3.63, 3.8) is 0 Å². The Bertz CT molecular complexity index is 941. The van der Waals surface area contributed by atoms with Crippen LogP contribution in [0.15, 0.2) is 30.5 Å². The molecule has 2 fully saturated rings. The van der Waals surface area contributed by atoms with E-state index >= 15 is 0 Å². The Morgan fingerprint density at radius 1 is 1.00 bits per heavy atom. The summed E-state index contributed by atoms with van der Waals surface area (Å²) in [7, 11) is 0. The third-order valence-corrected chi connectivity index (χ3v) is 5.46. The summed E-state index contributed by atoms with van der Waals surface area (Å²) in [5.74, 6) is -0.159. The van der Waals surface area contributed by atoms with E-state index in [0.717, 1.165) is 25.0 Å². The van der Waals surface area contributed by atoms with Gasteiger partial charge in [-0.2, -0.15) is 18.2 Å². The molecule has 0 bridgehead atoms. The summed E-state index contributed by atoms with van der Waals surface area (Å²) in [6.07, 6.45) is -3.82. The summed E-state index contributed by atoms with van der Waals surface area (Å²) in [4.78, 5) is 24.4. The van der Waals surface area contributed by atoms with Crippen LogP contribution in [0.3, 0.4) is 0 Å². The van der Waals surface area contributed by atoms with E-state index in [4.69, 9.17) is 10.5 Å². The van der Waals surface area contributed by atoms with Crippen molar-refractivity contribution in [1.29, 1.82) is 0 Å². The van der Waals surface area contributed by atoms with Crippen molar-refractivity contribution in [2.45, 2.75) is 6.18 Å². The first-order valence-electron chi connectivity index (χ1n) is 10.2. The van der Waals surface area contributed by atoms with E-state index in [1.54, 1.807) is 0 Å². The Kier molecular flexibility index (Phi) is 6.21. The molecule has 0 radical (unpaired) electrons. The number of amides is 2. The maximum atomic E-state index is 13.6. The Balaban J connectivity index is 1.52. The Morgan fingerprint density at radius 2 is 1.66 bits per heavy atom. The number of carbonyl (C=O) groups is 1. The van der Waals surface area contributed by atoms with Gasteiger partial charge in [0.25, 0.3) is 0 Å². The number of anilines is 4. The van der Waals surface area contributed by atoms with Crippen LogP contribution in [0.25, 0.3) is 0 Å². The highest BCUT2D eigenvalue weighted by Gasteiger charge is 2.37. The zero-order chi connectivity index (χ0) is 22.7. The van der Waals surface area contributed by atoms with E-state index in [9.17, 15) is 18.0 Å². The SMILES string of the molecule is NC(=O)N1CCN(c2nc(Nc3ccc(N4CCOCC4)cc3)ncc2C(F)(F)F)CC1. The molecule has 3 N–H and O–H groups in total. The summed E-state index contributed by atoms with van der Waals surface area (Å²) in [6.45, 7) is 3.80. The van der Waals surface area contributed by atoms with E-state index in [0.29, 0.717) is 18.9 Å². The van der Waals surface area contributed by atoms with Crippen LogP contribution in [0, 0.1) is 0 Å². The van der Waals surface area contributed by atoms with Crippen LogP contribution >= 0.6 is 0 Å². The number of alkyl halides is 3. The highest BCUT2D eigenvalue weighted by atomic mass is 19.4. The van der Waals surface area contributed by atoms with Gasteiger partial charge >= 0.3 is 12.2 Å². The molecule has 2 aliphatic heterocycles. The maximum absolute atomic E-state index is 13.6. The van der Waals surface area contributed by atoms with Gasteiger partial charge < -0.3 is 30.5 Å². The van der Waals surface area contributed by atoms with Crippen LogP contribution in [0.2, 0.25) is 0 Å². The summed E-state index contributed by atoms with van der Waals surface area (Å²) in [5.41, 5.74) is 6.04. The van der Waals surface area contributed by atoms with Gasteiger partial charge in [-0.1, -0.05) is 0 Å². The molecule has 2 saturated heterocycles. The first kappa shape index (κ1) is 21.9. The molecule has 0 unspecified atom stereocenters. The lowest BCUT2D eigenvalue weighted by Crippen LogP contribution is -2.51.